The molecule has 1 amide bonds. The molecule has 1 aromatic carbocycles. The zero-order chi connectivity index (χ0) is 17.2. The highest BCUT2D eigenvalue weighted by Crippen LogP contribution is 2.35. The van der Waals surface area contributed by atoms with Crippen molar-refractivity contribution in [2.24, 2.45) is 0 Å². The van der Waals surface area contributed by atoms with Crippen LogP contribution in [0.15, 0.2) is 34.9 Å². The molecule has 1 N–H and O–H groups in total. The van der Waals surface area contributed by atoms with E-state index in [1.807, 2.05) is 29.2 Å². The van der Waals surface area contributed by atoms with E-state index < -0.39 is 0 Å². The molecular weight excluding hydrogens is 362 g/mol. The Balaban J connectivity index is 1.43. The van der Waals surface area contributed by atoms with Crippen LogP contribution in [-0.2, 0) is 11.3 Å². The number of thiophene rings is 1. The molecule has 3 heterocycles. The molecule has 0 spiro atoms. The lowest BCUT2D eigenvalue weighted by atomic mass is 10.2. The van der Waals surface area contributed by atoms with Gasteiger partial charge in [0.15, 0.2) is 5.82 Å². The van der Waals surface area contributed by atoms with Crippen LogP contribution in [0, 0.1) is 0 Å². The number of benzene rings is 1. The minimum Gasteiger partial charge on any atom is -0.378 e. The third-order valence-corrected chi connectivity index (χ3v) is 5.78. The molecule has 4 rings (SSSR count). The van der Waals surface area contributed by atoms with E-state index in [9.17, 15) is 4.79 Å². The summed E-state index contributed by atoms with van der Waals surface area (Å²) in [6.07, 6.45) is 0. The van der Waals surface area contributed by atoms with Gasteiger partial charge in [0.1, 0.15) is 0 Å². The van der Waals surface area contributed by atoms with Gasteiger partial charge in [-0.2, -0.15) is 0 Å². The summed E-state index contributed by atoms with van der Waals surface area (Å²) in [6.45, 7) is 3.14. The Morgan fingerprint density at radius 3 is 2.92 bits per heavy atom. The third kappa shape index (κ3) is 3.35. The average molecular weight is 378 g/mol. The second kappa shape index (κ2) is 7.03. The van der Waals surface area contributed by atoms with Crippen molar-refractivity contribution in [2.75, 3.05) is 31.2 Å². The molecule has 0 radical (unpaired) electrons. The van der Waals surface area contributed by atoms with Crippen LogP contribution in [0.4, 0.5) is 5.82 Å². The highest BCUT2D eigenvalue weighted by atomic mass is 35.5. The number of amides is 1. The van der Waals surface area contributed by atoms with Crippen LogP contribution in [-0.4, -0.2) is 37.4 Å². The molecule has 0 aliphatic carbocycles. The van der Waals surface area contributed by atoms with Crippen molar-refractivity contribution < 1.29 is 14.1 Å². The first kappa shape index (κ1) is 16.4. The molecule has 25 heavy (non-hydrogen) atoms. The zero-order valence-corrected chi connectivity index (χ0v) is 14.9. The fourth-order valence-electron chi connectivity index (χ4n) is 2.74. The van der Waals surface area contributed by atoms with Crippen LogP contribution in [0.1, 0.15) is 15.4 Å². The van der Waals surface area contributed by atoms with Crippen molar-refractivity contribution in [1.82, 2.24) is 10.5 Å². The van der Waals surface area contributed by atoms with E-state index in [-0.39, 0.29) is 11.7 Å². The first-order valence-corrected chi connectivity index (χ1v) is 9.15. The Morgan fingerprint density at radius 1 is 1.32 bits per heavy atom. The monoisotopic (exact) mass is 377 g/mol. The van der Waals surface area contributed by atoms with E-state index in [0.717, 1.165) is 28.1 Å². The number of hydrogen-bond acceptors (Lipinski definition) is 6. The molecule has 0 bridgehead atoms. The second-order valence-corrected chi connectivity index (χ2v) is 7.18. The fourth-order valence-corrected chi connectivity index (χ4v) is 4.18. The summed E-state index contributed by atoms with van der Waals surface area (Å²) in [5.41, 5.74) is 0. The third-order valence-electron chi connectivity index (χ3n) is 4.07. The molecule has 0 saturated carbocycles. The van der Waals surface area contributed by atoms with Gasteiger partial charge < -0.3 is 19.5 Å². The van der Waals surface area contributed by atoms with Crippen LogP contribution < -0.4 is 10.2 Å². The molecule has 0 unspecified atom stereocenters. The lowest BCUT2D eigenvalue weighted by molar-refractivity contribution is 0.0914. The van der Waals surface area contributed by atoms with E-state index >= 15 is 0 Å². The Hall–Kier alpha value is -2.09. The van der Waals surface area contributed by atoms with Gasteiger partial charge in [0, 0.05) is 34.1 Å². The maximum Gasteiger partial charge on any atom is 0.290 e. The molecule has 6 nitrogen and oxygen atoms in total. The van der Waals surface area contributed by atoms with E-state index in [1.54, 1.807) is 17.4 Å². The molecule has 1 saturated heterocycles. The average Bonchev–Trinajstić information content (AvgIpc) is 3.26. The van der Waals surface area contributed by atoms with E-state index in [4.69, 9.17) is 20.9 Å². The standard InChI is InChI=1S/C17H16ClN3O3S/c18-16-11-3-1-2-4-13(11)25-14(16)10-19-17(22)12-9-15(20-24-12)21-5-7-23-8-6-21/h1-4,9H,5-8,10H2,(H,19,22). The summed E-state index contributed by atoms with van der Waals surface area (Å²) < 4.78 is 11.6. The Bertz CT molecular complexity index is 902. The zero-order valence-electron chi connectivity index (χ0n) is 13.3. The van der Waals surface area contributed by atoms with Crippen molar-refractivity contribution in [2.45, 2.75) is 6.54 Å². The van der Waals surface area contributed by atoms with Gasteiger partial charge in [-0.15, -0.1) is 11.3 Å². The lowest BCUT2D eigenvalue weighted by Gasteiger charge is -2.25. The van der Waals surface area contributed by atoms with Crippen molar-refractivity contribution in [3.8, 4) is 0 Å². The number of carbonyl (C=O) groups excluding carboxylic acids is 1. The van der Waals surface area contributed by atoms with Gasteiger partial charge in [-0.25, -0.2) is 0 Å². The number of hydrogen-bond donors (Lipinski definition) is 1. The number of anilines is 1. The molecule has 0 atom stereocenters. The van der Waals surface area contributed by atoms with Gasteiger partial charge in [0.05, 0.1) is 24.8 Å². The highest BCUT2D eigenvalue weighted by molar-refractivity contribution is 7.19. The molecule has 130 valence electrons. The number of halogens is 1. The molecule has 1 aliphatic rings. The van der Waals surface area contributed by atoms with Gasteiger partial charge in [-0.05, 0) is 6.07 Å². The summed E-state index contributed by atoms with van der Waals surface area (Å²) in [4.78, 5) is 15.3. The molecule has 3 aromatic rings. The minimum atomic E-state index is -0.305. The van der Waals surface area contributed by atoms with E-state index in [2.05, 4.69) is 10.5 Å². The second-order valence-electron chi connectivity index (χ2n) is 5.67. The van der Waals surface area contributed by atoms with Crippen molar-refractivity contribution in [1.29, 1.82) is 0 Å². The van der Waals surface area contributed by atoms with E-state index in [0.29, 0.717) is 30.6 Å². The predicted octanol–water partition coefficient (Wildman–Crippen LogP) is 3.31. The number of rotatable bonds is 4. The Kier molecular flexibility index (Phi) is 4.61. The van der Waals surface area contributed by atoms with Gasteiger partial charge in [0.2, 0.25) is 5.76 Å². The molecule has 8 heteroatoms. The Morgan fingerprint density at radius 2 is 2.12 bits per heavy atom. The SMILES string of the molecule is O=C(NCc1sc2ccccc2c1Cl)c1cc(N2CCOCC2)no1. The Labute approximate surface area is 153 Å². The quantitative estimate of drug-likeness (QED) is 0.755. The van der Waals surface area contributed by atoms with Gasteiger partial charge in [0.25, 0.3) is 5.91 Å². The number of fused-ring (bicyclic) bond motifs is 1. The number of morpholine rings is 1. The topological polar surface area (TPSA) is 67.6 Å². The van der Waals surface area contributed by atoms with Crippen molar-refractivity contribution in [3.63, 3.8) is 0 Å². The van der Waals surface area contributed by atoms with Crippen LogP contribution in [0.2, 0.25) is 5.02 Å². The van der Waals surface area contributed by atoms with Crippen molar-refractivity contribution in [3.05, 3.63) is 46.0 Å². The summed E-state index contributed by atoms with van der Waals surface area (Å²) in [5, 5.41) is 8.52. The maximum atomic E-state index is 12.3. The molecule has 1 aliphatic heterocycles. The summed E-state index contributed by atoms with van der Waals surface area (Å²) >= 11 is 7.97. The molecule has 1 fully saturated rings. The largest absolute Gasteiger partial charge is 0.378 e. The summed E-state index contributed by atoms with van der Waals surface area (Å²) in [5.74, 6) is 0.549. The number of nitrogens with zero attached hydrogens (tertiary/aromatic N) is 2. The summed E-state index contributed by atoms with van der Waals surface area (Å²) in [6, 6.07) is 9.57. The number of nitrogens with one attached hydrogen (secondary N) is 1. The van der Waals surface area contributed by atoms with Crippen LogP contribution >= 0.6 is 22.9 Å². The van der Waals surface area contributed by atoms with Crippen molar-refractivity contribution >= 4 is 44.7 Å². The van der Waals surface area contributed by atoms with E-state index in [1.165, 1.54) is 0 Å². The van der Waals surface area contributed by atoms with Gasteiger partial charge in [-0.1, -0.05) is 35.0 Å². The number of aromatic nitrogens is 1. The first-order valence-electron chi connectivity index (χ1n) is 7.96. The minimum absolute atomic E-state index is 0.193. The normalized spacial score (nSPS) is 14.8. The van der Waals surface area contributed by atoms with Gasteiger partial charge in [-0.3, -0.25) is 4.79 Å². The predicted molar refractivity (Wildman–Crippen MR) is 97.5 cm³/mol. The number of ether oxygens (including phenoxy) is 1. The van der Waals surface area contributed by atoms with Crippen LogP contribution in [0.25, 0.3) is 10.1 Å². The summed E-state index contributed by atoms with van der Waals surface area (Å²) in [7, 11) is 0. The van der Waals surface area contributed by atoms with Crippen LogP contribution in [0.3, 0.4) is 0 Å². The number of carbonyl (C=O) groups is 1. The molecular formula is C17H16ClN3O3S. The maximum absolute atomic E-state index is 12.3. The fraction of sp³-hybridized carbons (Fsp3) is 0.294. The van der Waals surface area contributed by atoms with Crippen LogP contribution in [0.5, 0.6) is 0 Å². The van der Waals surface area contributed by atoms with Gasteiger partial charge >= 0.3 is 0 Å². The highest BCUT2D eigenvalue weighted by Gasteiger charge is 2.19. The molecule has 2 aromatic heterocycles. The first-order chi connectivity index (χ1) is 12.2. The lowest BCUT2D eigenvalue weighted by Crippen LogP contribution is -2.36. The smallest absolute Gasteiger partial charge is 0.290 e.